The van der Waals surface area contributed by atoms with E-state index in [0.717, 1.165) is 37.5 Å². The van der Waals surface area contributed by atoms with Gasteiger partial charge in [-0.3, -0.25) is 4.79 Å². The van der Waals surface area contributed by atoms with E-state index in [1.165, 1.54) is 17.2 Å². The molecule has 0 aliphatic heterocycles. The molecule has 162 valence electrons. The first kappa shape index (κ1) is 31.0. The molecule has 0 aliphatic rings. The summed E-state index contributed by atoms with van der Waals surface area (Å²) in [4.78, 5) is 9.54. The molecule has 2 unspecified atom stereocenters. The molecular weight excluding hydrogens is 348 g/mol. The second-order valence-corrected chi connectivity index (χ2v) is 8.14. The highest BCUT2D eigenvalue weighted by Gasteiger charge is 2.13. The minimum atomic E-state index is -0.702. The predicted molar refractivity (Wildman–Crippen MR) is 124 cm³/mol. The van der Waals surface area contributed by atoms with Crippen LogP contribution in [0.15, 0.2) is 60.3 Å². The zero-order valence-electron chi connectivity index (χ0n) is 19.5. The second-order valence-electron chi connectivity index (χ2n) is 8.14. The van der Waals surface area contributed by atoms with Crippen molar-refractivity contribution in [2.45, 2.75) is 92.3 Å². The van der Waals surface area contributed by atoms with Crippen molar-refractivity contribution in [2.24, 2.45) is 0 Å². The van der Waals surface area contributed by atoms with Gasteiger partial charge < -0.3 is 10.2 Å². The molecule has 0 fully saturated rings. The van der Waals surface area contributed by atoms with Crippen molar-refractivity contribution in [3.63, 3.8) is 0 Å². The summed E-state index contributed by atoms with van der Waals surface area (Å²) in [5.41, 5.74) is 2.23. The molecule has 0 saturated heterocycles. The molecule has 0 saturated carbocycles. The van der Waals surface area contributed by atoms with E-state index in [2.05, 4.69) is 53.0 Å². The van der Waals surface area contributed by atoms with Gasteiger partial charge in [0, 0.05) is 0 Å². The fourth-order valence-electron chi connectivity index (χ4n) is 1.65. The standard InChI is InChI=1S/2C10H18O.C5H8O/c2*1-5-10(4,11)8-6-7-9(2)3;1-5(2)3-4-6/h2*5,7,11H,1,6,8H2,2-4H3;3-4H,1-2H3. The summed E-state index contributed by atoms with van der Waals surface area (Å²) in [5, 5.41) is 19.0. The van der Waals surface area contributed by atoms with Crippen LogP contribution in [-0.4, -0.2) is 27.7 Å². The Kier molecular flexibility index (Phi) is 19.3. The van der Waals surface area contributed by atoms with Gasteiger partial charge in [0.2, 0.25) is 0 Å². The second kappa shape index (κ2) is 17.4. The third-order valence-electron chi connectivity index (χ3n) is 3.69. The molecule has 0 aromatic heterocycles. The van der Waals surface area contributed by atoms with Gasteiger partial charge in [0.05, 0.1) is 11.2 Å². The Hall–Kier alpha value is -1.71. The SMILES string of the molecule is C=CC(C)(O)CCC=C(C)C.C=CC(C)(O)CCC=C(C)C.CC(C)=CC=O. The quantitative estimate of drug-likeness (QED) is 0.268. The molecular formula is C25H44O3. The van der Waals surface area contributed by atoms with Crippen LogP contribution in [0.4, 0.5) is 0 Å². The summed E-state index contributed by atoms with van der Waals surface area (Å²) in [7, 11) is 0. The predicted octanol–water partition coefficient (Wildman–Crippen LogP) is 6.49. The van der Waals surface area contributed by atoms with Crippen molar-refractivity contribution in [1.82, 2.24) is 0 Å². The number of carbonyl (C=O) groups is 1. The first-order chi connectivity index (χ1) is 12.7. The van der Waals surface area contributed by atoms with E-state index in [4.69, 9.17) is 0 Å². The molecule has 0 amide bonds. The van der Waals surface area contributed by atoms with Crippen molar-refractivity contribution in [1.29, 1.82) is 0 Å². The van der Waals surface area contributed by atoms with E-state index in [0.29, 0.717) is 0 Å². The maximum Gasteiger partial charge on any atom is 0.142 e. The van der Waals surface area contributed by atoms with Crippen molar-refractivity contribution in [3.05, 3.63) is 60.3 Å². The topological polar surface area (TPSA) is 57.5 Å². The number of carbonyl (C=O) groups excluding carboxylic acids is 1. The average Bonchev–Trinajstić information content (AvgIpc) is 2.55. The first-order valence-electron chi connectivity index (χ1n) is 9.80. The van der Waals surface area contributed by atoms with Gasteiger partial charge in [-0.05, 0) is 87.1 Å². The van der Waals surface area contributed by atoms with Crippen LogP contribution in [0.3, 0.4) is 0 Å². The summed E-state index contributed by atoms with van der Waals surface area (Å²) >= 11 is 0. The number of hydrogen-bond donors (Lipinski definition) is 2. The van der Waals surface area contributed by atoms with Gasteiger partial charge in [0.1, 0.15) is 6.29 Å². The number of rotatable bonds is 9. The number of aldehydes is 1. The maximum absolute atomic E-state index is 9.54. The molecule has 0 aromatic rings. The van der Waals surface area contributed by atoms with Gasteiger partial charge in [0.25, 0.3) is 0 Å². The Bertz CT molecular complexity index is 482. The molecule has 28 heavy (non-hydrogen) atoms. The highest BCUT2D eigenvalue weighted by Crippen LogP contribution is 2.14. The van der Waals surface area contributed by atoms with Gasteiger partial charge >= 0.3 is 0 Å². The molecule has 2 N–H and O–H groups in total. The van der Waals surface area contributed by atoms with Crippen molar-refractivity contribution < 1.29 is 15.0 Å². The normalized spacial score (nSPS) is 13.5. The van der Waals surface area contributed by atoms with Crippen LogP contribution >= 0.6 is 0 Å². The van der Waals surface area contributed by atoms with E-state index in [9.17, 15) is 15.0 Å². The molecule has 2 atom stereocenters. The zero-order chi connectivity index (χ0) is 22.8. The molecule has 0 heterocycles. The van der Waals surface area contributed by atoms with Gasteiger partial charge in [-0.15, -0.1) is 13.2 Å². The van der Waals surface area contributed by atoms with Gasteiger partial charge in [-0.25, -0.2) is 0 Å². The Morgan fingerprint density at radius 2 is 1.07 bits per heavy atom. The third kappa shape index (κ3) is 29.1. The Balaban J connectivity index is -0.000000351. The largest absolute Gasteiger partial charge is 0.386 e. The highest BCUT2D eigenvalue weighted by atomic mass is 16.3. The number of allylic oxidation sites excluding steroid dienone is 6. The van der Waals surface area contributed by atoms with E-state index < -0.39 is 11.2 Å². The molecule has 3 nitrogen and oxygen atoms in total. The number of aliphatic hydroxyl groups is 2. The summed E-state index contributed by atoms with van der Waals surface area (Å²) in [6.07, 6.45) is 13.1. The zero-order valence-corrected chi connectivity index (χ0v) is 19.5. The van der Waals surface area contributed by atoms with Crippen LogP contribution in [0, 0.1) is 0 Å². The maximum atomic E-state index is 9.54. The minimum absolute atomic E-state index is 0.702. The van der Waals surface area contributed by atoms with Crippen LogP contribution < -0.4 is 0 Å². The van der Waals surface area contributed by atoms with Crippen LogP contribution in [-0.2, 0) is 4.79 Å². The molecule has 0 aromatic carbocycles. The van der Waals surface area contributed by atoms with Crippen molar-refractivity contribution in [3.8, 4) is 0 Å². The highest BCUT2D eigenvalue weighted by molar-refractivity contribution is 5.65. The average molecular weight is 393 g/mol. The Morgan fingerprint density at radius 3 is 1.21 bits per heavy atom. The minimum Gasteiger partial charge on any atom is -0.386 e. The fourth-order valence-corrected chi connectivity index (χ4v) is 1.65. The lowest BCUT2D eigenvalue weighted by Crippen LogP contribution is -2.19. The number of hydrogen-bond acceptors (Lipinski definition) is 3. The first-order valence-corrected chi connectivity index (χ1v) is 9.80. The van der Waals surface area contributed by atoms with Gasteiger partial charge in [-0.1, -0.05) is 41.0 Å². The lowest BCUT2D eigenvalue weighted by atomic mass is 10.00. The lowest BCUT2D eigenvalue weighted by molar-refractivity contribution is -0.104. The van der Waals surface area contributed by atoms with Crippen molar-refractivity contribution >= 4 is 6.29 Å². The van der Waals surface area contributed by atoms with Crippen LogP contribution in [0.2, 0.25) is 0 Å². The Morgan fingerprint density at radius 1 is 0.750 bits per heavy atom. The monoisotopic (exact) mass is 392 g/mol. The summed E-state index contributed by atoms with van der Waals surface area (Å²) in [6.45, 7) is 22.7. The summed E-state index contributed by atoms with van der Waals surface area (Å²) in [6, 6.07) is 0. The molecule has 3 heteroatoms. The Labute approximate surface area is 174 Å². The van der Waals surface area contributed by atoms with Crippen LogP contribution in [0.5, 0.6) is 0 Å². The van der Waals surface area contributed by atoms with E-state index >= 15 is 0 Å². The smallest absolute Gasteiger partial charge is 0.142 e. The van der Waals surface area contributed by atoms with Crippen LogP contribution in [0.25, 0.3) is 0 Å². The molecule has 0 rings (SSSR count). The van der Waals surface area contributed by atoms with Crippen molar-refractivity contribution in [2.75, 3.05) is 0 Å². The summed E-state index contributed by atoms with van der Waals surface area (Å²) in [5.74, 6) is 0. The van der Waals surface area contributed by atoms with E-state index in [-0.39, 0.29) is 0 Å². The van der Waals surface area contributed by atoms with E-state index in [1.54, 1.807) is 26.0 Å². The van der Waals surface area contributed by atoms with E-state index in [1.807, 2.05) is 13.8 Å². The van der Waals surface area contributed by atoms with Gasteiger partial charge in [0.15, 0.2) is 0 Å². The lowest BCUT2D eigenvalue weighted by Gasteiger charge is -2.16. The molecule has 0 aliphatic carbocycles. The third-order valence-corrected chi connectivity index (χ3v) is 3.69. The van der Waals surface area contributed by atoms with Gasteiger partial charge in [-0.2, -0.15) is 0 Å². The fraction of sp³-hybridized carbons (Fsp3) is 0.560. The van der Waals surface area contributed by atoms with Crippen LogP contribution in [0.1, 0.15) is 81.1 Å². The molecule has 0 radical (unpaired) electrons. The molecule has 0 bridgehead atoms. The summed E-state index contributed by atoms with van der Waals surface area (Å²) < 4.78 is 0. The molecule has 0 spiro atoms.